The van der Waals surface area contributed by atoms with Crippen molar-refractivity contribution < 1.29 is 22.7 Å². The van der Waals surface area contributed by atoms with Crippen molar-refractivity contribution in [2.24, 2.45) is 0 Å². The van der Waals surface area contributed by atoms with Gasteiger partial charge in [0.1, 0.15) is 28.8 Å². The Morgan fingerprint density at radius 3 is 2.81 bits per heavy atom. The van der Waals surface area contributed by atoms with Crippen LogP contribution in [-0.4, -0.2) is 38.8 Å². The molecule has 0 aliphatic carbocycles. The van der Waals surface area contributed by atoms with Crippen LogP contribution in [0, 0.1) is 0 Å². The summed E-state index contributed by atoms with van der Waals surface area (Å²) in [5, 5.41) is 0. The first-order valence-corrected chi connectivity index (χ1v) is 10.3. The Hall–Kier alpha value is -3.34. The van der Waals surface area contributed by atoms with E-state index in [1.807, 2.05) is 0 Å². The van der Waals surface area contributed by atoms with Crippen LogP contribution in [0.1, 0.15) is 27.5 Å². The van der Waals surface area contributed by atoms with Gasteiger partial charge in [-0.1, -0.05) is 6.07 Å². The number of halogens is 4. The summed E-state index contributed by atoms with van der Waals surface area (Å²) in [6, 6.07) is 7.82. The molecule has 2 aromatic heterocycles. The number of alkyl halides is 3. The van der Waals surface area contributed by atoms with Crippen LogP contribution in [0.3, 0.4) is 0 Å². The fourth-order valence-corrected chi connectivity index (χ4v) is 4.39. The highest BCUT2D eigenvalue weighted by Crippen LogP contribution is 2.40. The van der Waals surface area contributed by atoms with E-state index in [-0.39, 0.29) is 18.3 Å². The van der Waals surface area contributed by atoms with Gasteiger partial charge in [-0.3, -0.25) is 9.20 Å². The van der Waals surface area contributed by atoms with Crippen molar-refractivity contribution in [3.05, 3.63) is 64.0 Å². The molecule has 0 unspecified atom stereocenters. The quantitative estimate of drug-likeness (QED) is 0.434. The molecule has 32 heavy (non-hydrogen) atoms. The summed E-state index contributed by atoms with van der Waals surface area (Å²) in [6.07, 6.45) is -2.88. The Morgan fingerprint density at radius 2 is 2.06 bits per heavy atom. The molecule has 5 rings (SSSR count). The molecule has 4 aromatic rings. The number of carbonyl (C=O) groups excluding carboxylic acids is 1. The van der Waals surface area contributed by atoms with Crippen LogP contribution in [0.15, 0.2) is 47.3 Å². The van der Waals surface area contributed by atoms with Gasteiger partial charge in [-0.05, 0) is 46.3 Å². The minimum absolute atomic E-state index is 0.0727. The molecule has 3 heterocycles. The zero-order valence-electron chi connectivity index (χ0n) is 16.5. The fraction of sp³-hybridized carbons (Fsp3) is 0.190. The van der Waals surface area contributed by atoms with Crippen LogP contribution in [0.5, 0.6) is 5.75 Å². The van der Waals surface area contributed by atoms with Crippen LogP contribution >= 0.6 is 15.9 Å². The summed E-state index contributed by atoms with van der Waals surface area (Å²) in [5.74, 6) is 0.126. The second kappa shape index (κ2) is 7.09. The number of likely N-dealkylation sites (N-methyl/N-ethyl adjacent to an activating group) is 1. The highest BCUT2D eigenvalue weighted by molar-refractivity contribution is 9.10. The maximum atomic E-state index is 13.2. The number of anilines is 1. The molecule has 0 saturated carbocycles. The first-order valence-electron chi connectivity index (χ1n) is 9.48. The molecule has 0 saturated heterocycles. The van der Waals surface area contributed by atoms with Crippen LogP contribution in [-0.2, 0) is 6.18 Å². The molecule has 1 amide bonds. The van der Waals surface area contributed by atoms with Crippen LogP contribution < -0.4 is 10.5 Å². The zero-order chi connectivity index (χ0) is 22.8. The summed E-state index contributed by atoms with van der Waals surface area (Å²) in [5.41, 5.74) is 7.97. The van der Waals surface area contributed by atoms with Gasteiger partial charge in [0.2, 0.25) is 0 Å². The van der Waals surface area contributed by atoms with Crippen molar-refractivity contribution in [3.8, 4) is 5.75 Å². The number of aromatic nitrogens is 3. The topological polar surface area (TPSA) is 85.8 Å². The van der Waals surface area contributed by atoms with Crippen molar-refractivity contribution >= 4 is 44.2 Å². The second-order valence-corrected chi connectivity index (χ2v) is 8.20. The van der Waals surface area contributed by atoms with E-state index in [0.29, 0.717) is 38.1 Å². The highest BCUT2D eigenvalue weighted by Gasteiger charge is 2.36. The molecular weight excluding hydrogens is 491 g/mol. The van der Waals surface area contributed by atoms with Crippen molar-refractivity contribution in [1.82, 2.24) is 19.3 Å². The van der Waals surface area contributed by atoms with Gasteiger partial charge in [0.05, 0.1) is 22.6 Å². The largest absolute Gasteiger partial charge is 0.491 e. The number of nitrogens with two attached hydrogens (primary N) is 1. The van der Waals surface area contributed by atoms with Crippen molar-refractivity contribution in [2.45, 2.75) is 12.2 Å². The van der Waals surface area contributed by atoms with E-state index in [0.717, 1.165) is 12.1 Å². The highest BCUT2D eigenvalue weighted by atomic mass is 79.9. The molecule has 1 aliphatic rings. The summed E-state index contributed by atoms with van der Waals surface area (Å²) >= 11 is 3.34. The lowest BCUT2D eigenvalue weighted by Crippen LogP contribution is -2.32. The zero-order valence-corrected chi connectivity index (χ0v) is 18.1. The van der Waals surface area contributed by atoms with Crippen molar-refractivity contribution in [3.63, 3.8) is 0 Å². The number of nitrogen functional groups attached to an aromatic ring is 1. The van der Waals surface area contributed by atoms with E-state index < -0.39 is 17.8 Å². The Kier molecular flexibility index (Phi) is 4.55. The lowest BCUT2D eigenvalue weighted by atomic mass is 10.0. The number of carbonyl (C=O) groups is 1. The standard InChI is InChI=1S/C21H15BrF3N5O2/c1-29(15-8-32-16-7-11(21(23,24)25)3-4-12(15)16)20(31)10-2-5-13-14(6-10)30-9-27-18(22)17(30)19(26)28-13/h2-7,9,15H,8H2,1H3,(H2,26,28)/t15-/m1/s1. The maximum absolute atomic E-state index is 13.2. The van der Waals surface area contributed by atoms with Gasteiger partial charge in [0.25, 0.3) is 5.91 Å². The predicted molar refractivity (Wildman–Crippen MR) is 114 cm³/mol. The van der Waals surface area contributed by atoms with Crippen LogP contribution in [0.4, 0.5) is 19.0 Å². The minimum atomic E-state index is -4.46. The first kappa shape index (κ1) is 20.6. The van der Waals surface area contributed by atoms with Crippen LogP contribution in [0.2, 0.25) is 0 Å². The number of hydrogen-bond donors (Lipinski definition) is 1. The van der Waals surface area contributed by atoms with Gasteiger partial charge in [0.15, 0.2) is 5.82 Å². The first-order chi connectivity index (χ1) is 15.1. The molecule has 0 fully saturated rings. The number of rotatable bonds is 2. The van der Waals surface area contributed by atoms with E-state index in [4.69, 9.17) is 10.5 Å². The van der Waals surface area contributed by atoms with Gasteiger partial charge in [0, 0.05) is 18.2 Å². The van der Waals surface area contributed by atoms with E-state index in [2.05, 4.69) is 25.9 Å². The number of nitrogens with zero attached hydrogens (tertiary/aromatic N) is 4. The third-order valence-corrected chi connectivity index (χ3v) is 6.15. The van der Waals surface area contributed by atoms with Gasteiger partial charge in [-0.2, -0.15) is 13.2 Å². The maximum Gasteiger partial charge on any atom is 0.416 e. The number of hydrogen-bond acceptors (Lipinski definition) is 5. The van der Waals surface area contributed by atoms with Gasteiger partial charge < -0.3 is 15.4 Å². The molecule has 2 N–H and O–H groups in total. The Bertz CT molecular complexity index is 1400. The fourth-order valence-electron chi connectivity index (χ4n) is 3.90. The lowest BCUT2D eigenvalue weighted by molar-refractivity contribution is -0.137. The predicted octanol–water partition coefficient (Wildman–Crippen LogP) is 4.45. The number of benzene rings is 2. The molecule has 0 spiro atoms. The van der Waals surface area contributed by atoms with Crippen molar-refractivity contribution in [2.75, 3.05) is 19.4 Å². The molecule has 0 radical (unpaired) electrons. The van der Waals surface area contributed by atoms with E-state index in [1.165, 1.54) is 11.0 Å². The summed E-state index contributed by atoms with van der Waals surface area (Å²) in [4.78, 5) is 23.3. The Balaban J connectivity index is 1.50. The molecule has 1 aliphatic heterocycles. The summed E-state index contributed by atoms with van der Waals surface area (Å²) < 4.78 is 46.7. The van der Waals surface area contributed by atoms with Gasteiger partial charge in [-0.15, -0.1) is 0 Å². The van der Waals surface area contributed by atoms with Crippen LogP contribution in [0.25, 0.3) is 16.6 Å². The van der Waals surface area contributed by atoms with Gasteiger partial charge >= 0.3 is 6.18 Å². The van der Waals surface area contributed by atoms with E-state index in [1.54, 1.807) is 36.0 Å². The van der Waals surface area contributed by atoms with E-state index >= 15 is 0 Å². The summed E-state index contributed by atoms with van der Waals surface area (Å²) in [7, 11) is 1.60. The second-order valence-electron chi connectivity index (χ2n) is 7.45. The Morgan fingerprint density at radius 1 is 1.28 bits per heavy atom. The lowest BCUT2D eigenvalue weighted by Gasteiger charge is -2.24. The molecule has 164 valence electrons. The molecule has 11 heteroatoms. The minimum Gasteiger partial charge on any atom is -0.491 e. The average molecular weight is 506 g/mol. The molecule has 0 bridgehead atoms. The molecular formula is C21H15BrF3N5O2. The molecule has 7 nitrogen and oxygen atoms in total. The monoisotopic (exact) mass is 505 g/mol. The number of fused-ring (bicyclic) bond motifs is 4. The van der Waals surface area contributed by atoms with Gasteiger partial charge in [-0.25, -0.2) is 9.97 Å². The summed E-state index contributed by atoms with van der Waals surface area (Å²) in [6.45, 7) is 0.0727. The third kappa shape index (κ3) is 3.15. The number of imidazole rings is 1. The molecule has 2 aromatic carbocycles. The van der Waals surface area contributed by atoms with E-state index in [9.17, 15) is 18.0 Å². The third-order valence-electron chi connectivity index (χ3n) is 5.57. The normalized spacial score (nSPS) is 15.7. The molecule has 1 atom stereocenters. The SMILES string of the molecule is CN(C(=O)c1ccc2nc(N)c3c(Br)ncn3c2c1)[C@@H]1COc2cc(C(F)(F)F)ccc21. The Labute approximate surface area is 187 Å². The smallest absolute Gasteiger partial charge is 0.416 e. The number of amides is 1. The average Bonchev–Trinajstić information content (AvgIpc) is 3.35. The number of ether oxygens (including phenoxy) is 1. The van der Waals surface area contributed by atoms with Crippen molar-refractivity contribution in [1.29, 1.82) is 0 Å².